The quantitative estimate of drug-likeness (QED) is 0.506. The Morgan fingerprint density at radius 3 is 2.14 bits per heavy atom. The number of amides is 1. The van der Waals surface area contributed by atoms with Crippen LogP contribution in [0.1, 0.15) is 33.2 Å². The summed E-state index contributed by atoms with van der Waals surface area (Å²) in [6.07, 6.45) is 1.45. The van der Waals surface area contributed by atoms with E-state index in [0.29, 0.717) is 16.8 Å². The highest BCUT2D eigenvalue weighted by Gasteiger charge is 2.05. The minimum absolute atomic E-state index is 0.112. The van der Waals surface area contributed by atoms with Crippen molar-refractivity contribution in [3.8, 4) is 0 Å². The van der Waals surface area contributed by atoms with Crippen LogP contribution in [-0.4, -0.2) is 11.7 Å². The van der Waals surface area contributed by atoms with Crippen LogP contribution >= 0.6 is 0 Å². The molecule has 112 valence electrons. The summed E-state index contributed by atoms with van der Waals surface area (Å²) in [4.78, 5) is 23.9. The summed E-state index contributed by atoms with van der Waals surface area (Å²) in [5.74, 6) is -0.366. The molecule has 2 aromatic carbocycles. The number of hydrazine groups is 1. The van der Waals surface area contributed by atoms with E-state index in [0.717, 1.165) is 5.56 Å². The fourth-order valence-electron chi connectivity index (χ4n) is 1.85. The highest BCUT2D eigenvalue weighted by Crippen LogP contribution is 2.05. The van der Waals surface area contributed by atoms with Crippen LogP contribution in [0.25, 0.3) is 0 Å². The molecule has 0 atom stereocenters. The maximum atomic E-state index is 12.1. The van der Waals surface area contributed by atoms with Crippen molar-refractivity contribution in [2.24, 2.45) is 0 Å². The number of hydrogen-bond donors (Lipinski definition) is 2. The lowest BCUT2D eigenvalue weighted by Gasteiger charge is -2.08. The topological polar surface area (TPSA) is 58.2 Å². The van der Waals surface area contributed by atoms with E-state index in [1.165, 1.54) is 6.08 Å². The van der Waals surface area contributed by atoms with Crippen LogP contribution < -0.4 is 10.9 Å². The summed E-state index contributed by atoms with van der Waals surface area (Å²) in [5.41, 5.74) is 8.12. The van der Waals surface area contributed by atoms with E-state index in [-0.39, 0.29) is 11.7 Å². The summed E-state index contributed by atoms with van der Waals surface area (Å²) in [6, 6.07) is 16.2. The molecule has 0 aliphatic heterocycles. The number of carbonyl (C=O) groups is 2. The number of carbonyl (C=O) groups excluding carboxylic acids is 2. The molecular formula is C18H18N2O2. The number of allylic oxidation sites excluding steroid dienone is 2. The van der Waals surface area contributed by atoms with Gasteiger partial charge in [-0.1, -0.05) is 48.0 Å². The zero-order valence-corrected chi connectivity index (χ0v) is 12.6. The van der Waals surface area contributed by atoms with E-state index in [9.17, 15) is 9.59 Å². The van der Waals surface area contributed by atoms with Gasteiger partial charge >= 0.3 is 0 Å². The predicted octanol–water partition coefficient (Wildman–Crippen LogP) is 3.02. The molecule has 2 N–H and O–H groups in total. The Balaban J connectivity index is 1.94. The zero-order valence-electron chi connectivity index (χ0n) is 12.6. The Morgan fingerprint density at radius 1 is 0.864 bits per heavy atom. The van der Waals surface area contributed by atoms with Crippen molar-refractivity contribution < 1.29 is 9.59 Å². The van der Waals surface area contributed by atoms with Gasteiger partial charge in [-0.3, -0.25) is 15.0 Å². The molecule has 0 aromatic heterocycles. The van der Waals surface area contributed by atoms with Crippen LogP contribution in [0.15, 0.2) is 66.4 Å². The van der Waals surface area contributed by atoms with Crippen molar-refractivity contribution in [2.45, 2.75) is 13.8 Å². The maximum Gasteiger partial charge on any atom is 0.269 e. The second kappa shape index (κ2) is 7.22. The number of hydrogen-bond acceptors (Lipinski definition) is 3. The van der Waals surface area contributed by atoms with Crippen molar-refractivity contribution in [2.75, 3.05) is 0 Å². The van der Waals surface area contributed by atoms with Crippen molar-refractivity contribution in [3.63, 3.8) is 0 Å². The Hall–Kier alpha value is -2.88. The molecular weight excluding hydrogens is 276 g/mol. The van der Waals surface area contributed by atoms with Gasteiger partial charge in [-0.25, -0.2) is 0 Å². The number of ketones is 1. The van der Waals surface area contributed by atoms with Crippen LogP contribution in [0.4, 0.5) is 0 Å². The summed E-state index contributed by atoms with van der Waals surface area (Å²) < 4.78 is 0. The van der Waals surface area contributed by atoms with Crippen molar-refractivity contribution in [3.05, 3.63) is 83.1 Å². The molecule has 1 amide bonds. The minimum atomic E-state index is -0.254. The lowest BCUT2D eigenvalue weighted by Crippen LogP contribution is -2.36. The molecule has 0 bridgehead atoms. The van der Waals surface area contributed by atoms with Gasteiger partial charge in [0.1, 0.15) is 0 Å². The van der Waals surface area contributed by atoms with Gasteiger partial charge in [-0.05, 0) is 26.0 Å². The first-order valence-electron chi connectivity index (χ1n) is 6.97. The van der Waals surface area contributed by atoms with Crippen LogP contribution in [0, 0.1) is 6.92 Å². The van der Waals surface area contributed by atoms with E-state index < -0.39 is 0 Å². The fourth-order valence-corrected chi connectivity index (χ4v) is 1.85. The van der Waals surface area contributed by atoms with Crippen molar-refractivity contribution in [1.29, 1.82) is 0 Å². The van der Waals surface area contributed by atoms with Gasteiger partial charge in [-0.15, -0.1) is 0 Å². The van der Waals surface area contributed by atoms with Gasteiger partial charge in [0, 0.05) is 22.9 Å². The Morgan fingerprint density at radius 2 is 1.50 bits per heavy atom. The van der Waals surface area contributed by atoms with Crippen LogP contribution in [-0.2, 0) is 0 Å². The van der Waals surface area contributed by atoms with E-state index >= 15 is 0 Å². The third kappa shape index (κ3) is 4.31. The lowest BCUT2D eigenvalue weighted by molar-refractivity contribution is 0.0936. The molecule has 0 aliphatic rings. The lowest BCUT2D eigenvalue weighted by atomic mass is 10.1. The average molecular weight is 294 g/mol. The van der Waals surface area contributed by atoms with Crippen molar-refractivity contribution >= 4 is 11.7 Å². The third-order valence-corrected chi connectivity index (χ3v) is 3.09. The van der Waals surface area contributed by atoms with Crippen LogP contribution in [0.2, 0.25) is 0 Å². The van der Waals surface area contributed by atoms with Gasteiger partial charge in [0.25, 0.3) is 5.91 Å². The van der Waals surface area contributed by atoms with Gasteiger partial charge in [0.15, 0.2) is 5.78 Å². The van der Waals surface area contributed by atoms with E-state index in [1.54, 1.807) is 43.3 Å². The van der Waals surface area contributed by atoms with E-state index in [4.69, 9.17) is 0 Å². The van der Waals surface area contributed by atoms with Gasteiger partial charge in [0.2, 0.25) is 0 Å². The molecule has 4 nitrogen and oxygen atoms in total. The second-order valence-electron chi connectivity index (χ2n) is 5.00. The number of nitrogens with one attached hydrogen (secondary N) is 2. The van der Waals surface area contributed by atoms with Gasteiger partial charge in [0.05, 0.1) is 0 Å². The van der Waals surface area contributed by atoms with E-state index in [1.807, 2.05) is 25.1 Å². The SMILES string of the molecule is C/C(=C\C(=O)c1ccc(C)cc1)NNC(=O)c1ccccc1. The third-order valence-electron chi connectivity index (χ3n) is 3.09. The number of benzene rings is 2. The molecule has 0 saturated heterocycles. The van der Waals surface area contributed by atoms with Gasteiger partial charge in [-0.2, -0.15) is 0 Å². The average Bonchev–Trinajstić information content (AvgIpc) is 2.54. The molecule has 22 heavy (non-hydrogen) atoms. The van der Waals surface area contributed by atoms with Crippen LogP contribution in [0.3, 0.4) is 0 Å². The van der Waals surface area contributed by atoms with E-state index in [2.05, 4.69) is 10.9 Å². The summed E-state index contributed by atoms with van der Waals surface area (Å²) in [7, 11) is 0. The summed E-state index contributed by atoms with van der Waals surface area (Å²) in [6.45, 7) is 3.69. The molecule has 0 unspecified atom stereocenters. The molecule has 0 spiro atoms. The molecule has 0 saturated carbocycles. The molecule has 2 aromatic rings. The first kappa shape index (κ1) is 15.5. The zero-order chi connectivity index (χ0) is 15.9. The van der Waals surface area contributed by atoms with Crippen LogP contribution in [0.5, 0.6) is 0 Å². The summed E-state index contributed by atoms with van der Waals surface area (Å²) in [5, 5.41) is 0. The monoisotopic (exact) mass is 294 g/mol. The normalized spacial score (nSPS) is 10.9. The van der Waals surface area contributed by atoms with Gasteiger partial charge < -0.3 is 5.43 Å². The standard InChI is InChI=1S/C18H18N2O2/c1-13-8-10-15(11-9-13)17(21)12-14(2)19-20-18(22)16-6-4-3-5-7-16/h3-12,19H,1-2H3,(H,20,22)/b14-12+. The first-order valence-corrected chi connectivity index (χ1v) is 6.97. The predicted molar refractivity (Wildman–Crippen MR) is 86.3 cm³/mol. The number of aryl methyl sites for hydroxylation is 1. The number of rotatable bonds is 5. The minimum Gasteiger partial charge on any atom is -0.303 e. The maximum absolute atomic E-state index is 12.1. The molecule has 0 heterocycles. The molecule has 0 radical (unpaired) electrons. The van der Waals surface area contributed by atoms with Crippen molar-refractivity contribution in [1.82, 2.24) is 10.9 Å². The highest BCUT2D eigenvalue weighted by atomic mass is 16.2. The Labute approximate surface area is 129 Å². The summed E-state index contributed by atoms with van der Waals surface area (Å²) >= 11 is 0. The Kier molecular flexibility index (Phi) is 5.09. The molecule has 4 heteroatoms. The highest BCUT2D eigenvalue weighted by molar-refractivity contribution is 6.04. The fraction of sp³-hybridized carbons (Fsp3) is 0.111. The first-order chi connectivity index (χ1) is 10.6. The smallest absolute Gasteiger partial charge is 0.269 e. The molecule has 2 rings (SSSR count). The largest absolute Gasteiger partial charge is 0.303 e. The molecule has 0 fully saturated rings. The molecule has 0 aliphatic carbocycles. The Bertz CT molecular complexity index is 689. The second-order valence-corrected chi connectivity index (χ2v) is 5.00.